The molecule has 0 radical (unpaired) electrons. The first-order valence-electron chi connectivity index (χ1n) is 15.6. The molecule has 6 nitrogen and oxygen atoms in total. The fraction of sp³-hybridized carbons (Fsp3) is 0.486. The molecule has 220 valence electrons. The molecule has 2 aliphatic carbocycles. The van der Waals surface area contributed by atoms with Crippen LogP contribution in [-0.4, -0.2) is 56.9 Å². The van der Waals surface area contributed by atoms with E-state index >= 15 is 4.39 Å². The first kappa shape index (κ1) is 27.5. The van der Waals surface area contributed by atoms with Crippen LogP contribution < -0.4 is 0 Å². The molecular formula is C35H40FN3O3. The molecule has 3 heterocycles. The van der Waals surface area contributed by atoms with E-state index in [0.29, 0.717) is 36.7 Å². The van der Waals surface area contributed by atoms with Crippen molar-refractivity contribution in [2.45, 2.75) is 75.9 Å². The Labute approximate surface area is 247 Å². The molecule has 0 bridgehead atoms. The summed E-state index contributed by atoms with van der Waals surface area (Å²) < 4.78 is 15.7. The van der Waals surface area contributed by atoms with Gasteiger partial charge in [-0.05, 0) is 104 Å². The van der Waals surface area contributed by atoms with Crippen LogP contribution in [0.25, 0.3) is 0 Å². The van der Waals surface area contributed by atoms with Crippen molar-refractivity contribution in [3.8, 4) is 0 Å². The van der Waals surface area contributed by atoms with Crippen molar-refractivity contribution in [1.29, 1.82) is 0 Å². The normalized spacial score (nSPS) is 30.7. The quantitative estimate of drug-likeness (QED) is 0.493. The first-order chi connectivity index (χ1) is 20.3. The second kappa shape index (κ2) is 10.5. The predicted molar refractivity (Wildman–Crippen MR) is 160 cm³/mol. The standard InChI is InChI=1S/C35H40FN3O3/c1-21-7-8-26(18-35(21,42)20-40)25-11-12-29(30(36)15-25)27-16-33-37-31(17-32(24-9-10-24)39(33)19-27)34(41)38-14-13-23-5-3-4-6-28(23)22(38)2/h3-6,11-12,15-17,21-22,24,26-27,40,42H,7-10,13-14,18-20H2,1-2H3/t21-,22+,26?,27?,35?/m0/s1. The summed E-state index contributed by atoms with van der Waals surface area (Å²) in [6.07, 6.45) is 9.13. The van der Waals surface area contributed by atoms with Crippen molar-refractivity contribution < 1.29 is 19.4 Å². The monoisotopic (exact) mass is 569 g/mol. The van der Waals surface area contributed by atoms with Crippen LogP contribution in [0, 0.1) is 17.7 Å². The van der Waals surface area contributed by atoms with Gasteiger partial charge in [0.15, 0.2) is 0 Å². The summed E-state index contributed by atoms with van der Waals surface area (Å²) >= 11 is 0. The number of rotatable bonds is 5. The van der Waals surface area contributed by atoms with Crippen LogP contribution in [0.1, 0.15) is 86.1 Å². The maximum atomic E-state index is 15.7. The zero-order valence-electron chi connectivity index (χ0n) is 24.5. The summed E-state index contributed by atoms with van der Waals surface area (Å²) in [6.45, 7) is 5.06. The second-order valence-corrected chi connectivity index (χ2v) is 13.1. The molecule has 0 saturated heterocycles. The maximum Gasteiger partial charge on any atom is 0.273 e. The lowest BCUT2D eigenvalue weighted by molar-refractivity contribution is -0.126. The predicted octanol–water partition coefficient (Wildman–Crippen LogP) is 5.59. The summed E-state index contributed by atoms with van der Waals surface area (Å²) in [5.41, 5.74) is 4.49. The van der Waals surface area contributed by atoms with Crippen LogP contribution in [0.5, 0.6) is 0 Å². The van der Waals surface area contributed by atoms with Crippen molar-refractivity contribution >= 4 is 11.6 Å². The number of aliphatic hydroxyl groups is 2. The molecule has 0 aromatic heterocycles. The van der Waals surface area contributed by atoms with Crippen LogP contribution in [0.4, 0.5) is 4.39 Å². The number of hydrogen-bond donors (Lipinski definition) is 2. The van der Waals surface area contributed by atoms with Crippen LogP contribution in [-0.2, 0) is 11.2 Å². The topological polar surface area (TPSA) is 76.4 Å². The van der Waals surface area contributed by atoms with Gasteiger partial charge in [0.2, 0.25) is 0 Å². The zero-order valence-corrected chi connectivity index (χ0v) is 24.5. The minimum atomic E-state index is -1.12. The molecule has 42 heavy (non-hydrogen) atoms. The Hall–Kier alpha value is -3.29. The van der Waals surface area contributed by atoms with Crippen molar-refractivity contribution in [2.24, 2.45) is 16.8 Å². The number of benzene rings is 2. The van der Waals surface area contributed by atoms with Crippen LogP contribution in [0.3, 0.4) is 0 Å². The molecule has 2 N–H and O–H groups in total. The fourth-order valence-electron chi connectivity index (χ4n) is 7.59. The van der Waals surface area contributed by atoms with Gasteiger partial charge in [-0.1, -0.05) is 43.3 Å². The number of halogens is 1. The van der Waals surface area contributed by atoms with Crippen molar-refractivity contribution in [1.82, 2.24) is 9.80 Å². The van der Waals surface area contributed by atoms with E-state index in [9.17, 15) is 15.0 Å². The molecule has 5 aliphatic rings. The summed E-state index contributed by atoms with van der Waals surface area (Å²) in [5, 5.41) is 20.7. The number of carbonyl (C=O) groups is 1. The van der Waals surface area contributed by atoms with Gasteiger partial charge in [0.05, 0.1) is 18.2 Å². The van der Waals surface area contributed by atoms with Crippen molar-refractivity contribution in [3.63, 3.8) is 0 Å². The first-order valence-corrected chi connectivity index (χ1v) is 15.6. The smallest absolute Gasteiger partial charge is 0.273 e. The lowest BCUT2D eigenvalue weighted by atomic mass is 9.70. The Kier molecular flexibility index (Phi) is 6.86. The Bertz CT molecular complexity index is 1510. The molecular weight excluding hydrogens is 529 g/mol. The Morgan fingerprint density at radius 2 is 1.86 bits per heavy atom. The van der Waals surface area contributed by atoms with Crippen LogP contribution in [0.2, 0.25) is 0 Å². The van der Waals surface area contributed by atoms with Crippen molar-refractivity contribution in [3.05, 3.63) is 94.2 Å². The minimum Gasteiger partial charge on any atom is -0.393 e. The third-order valence-corrected chi connectivity index (χ3v) is 10.5. The SMILES string of the molecule is C[C@@H]1c2ccccc2CCN1C(=O)C1=NC2=CC(c3ccc(C4CC[C@H](C)C(O)(CO)C4)cc3F)CN2C(C2CC2)=C1. The Balaban J connectivity index is 1.14. The molecule has 0 spiro atoms. The third-order valence-electron chi connectivity index (χ3n) is 10.5. The summed E-state index contributed by atoms with van der Waals surface area (Å²) in [4.78, 5) is 22.8. The number of fused-ring (bicyclic) bond motifs is 2. The zero-order chi connectivity index (χ0) is 29.2. The summed E-state index contributed by atoms with van der Waals surface area (Å²) in [6, 6.07) is 13.8. The van der Waals surface area contributed by atoms with Gasteiger partial charge >= 0.3 is 0 Å². The van der Waals surface area contributed by atoms with Gasteiger partial charge in [-0.15, -0.1) is 0 Å². The van der Waals surface area contributed by atoms with Crippen LogP contribution in [0.15, 0.2) is 71.1 Å². The van der Waals surface area contributed by atoms with Crippen molar-refractivity contribution in [2.75, 3.05) is 19.7 Å². The Morgan fingerprint density at radius 1 is 1.07 bits per heavy atom. The number of aliphatic imine (C=N–C) groups is 1. The summed E-state index contributed by atoms with van der Waals surface area (Å²) in [5.74, 6) is 0.729. The van der Waals surface area contributed by atoms with E-state index in [4.69, 9.17) is 4.99 Å². The molecule has 2 saturated carbocycles. The fourth-order valence-corrected chi connectivity index (χ4v) is 7.59. The third kappa shape index (κ3) is 4.71. The maximum absolute atomic E-state index is 15.7. The van der Waals surface area contributed by atoms with E-state index in [0.717, 1.165) is 49.2 Å². The van der Waals surface area contributed by atoms with Gasteiger partial charge in [0, 0.05) is 24.7 Å². The number of hydrogen-bond acceptors (Lipinski definition) is 5. The van der Waals surface area contributed by atoms with Gasteiger partial charge in [0.1, 0.15) is 17.3 Å². The van der Waals surface area contributed by atoms with E-state index in [1.165, 1.54) is 11.1 Å². The molecule has 7 heteroatoms. The van der Waals surface area contributed by atoms with Gasteiger partial charge in [-0.2, -0.15) is 0 Å². The number of carbonyl (C=O) groups excluding carboxylic acids is 1. The molecule has 2 fully saturated rings. The van der Waals surface area contributed by atoms with E-state index in [2.05, 4.69) is 30.0 Å². The van der Waals surface area contributed by atoms with E-state index in [-0.39, 0.29) is 42.1 Å². The molecule has 5 atom stereocenters. The van der Waals surface area contributed by atoms with E-state index in [1.54, 1.807) is 6.07 Å². The average molecular weight is 570 g/mol. The van der Waals surface area contributed by atoms with Gasteiger partial charge in [0.25, 0.3) is 5.91 Å². The van der Waals surface area contributed by atoms with E-state index < -0.39 is 5.60 Å². The highest BCUT2D eigenvalue weighted by molar-refractivity contribution is 6.44. The highest BCUT2D eigenvalue weighted by Crippen LogP contribution is 2.46. The number of nitrogens with zero attached hydrogens (tertiary/aromatic N) is 3. The lowest BCUT2D eigenvalue weighted by Crippen LogP contribution is -2.44. The lowest BCUT2D eigenvalue weighted by Gasteiger charge is -2.41. The highest BCUT2D eigenvalue weighted by Gasteiger charge is 2.42. The molecule has 2 aromatic rings. The van der Waals surface area contributed by atoms with E-state index in [1.807, 2.05) is 42.2 Å². The highest BCUT2D eigenvalue weighted by atomic mass is 19.1. The molecule has 2 aromatic carbocycles. The molecule has 7 rings (SSSR count). The second-order valence-electron chi connectivity index (χ2n) is 13.1. The number of aliphatic hydroxyl groups excluding tert-OH is 1. The van der Waals surface area contributed by atoms with Gasteiger partial charge in [-0.3, -0.25) is 4.79 Å². The Morgan fingerprint density at radius 3 is 2.62 bits per heavy atom. The largest absolute Gasteiger partial charge is 0.393 e. The molecule has 1 amide bonds. The summed E-state index contributed by atoms with van der Waals surface area (Å²) in [7, 11) is 0. The van der Waals surface area contributed by atoms with Crippen LogP contribution >= 0.6 is 0 Å². The number of allylic oxidation sites excluding steroid dienone is 1. The average Bonchev–Trinajstić information content (AvgIpc) is 3.76. The van der Waals surface area contributed by atoms with Gasteiger partial charge < -0.3 is 20.0 Å². The number of amides is 1. The molecule has 3 unspecified atom stereocenters. The van der Waals surface area contributed by atoms with Gasteiger partial charge in [-0.25, -0.2) is 9.38 Å². The molecule has 3 aliphatic heterocycles. The minimum absolute atomic E-state index is 0.0142.